The Kier molecular flexibility index (Phi) is 3.23. The zero-order chi connectivity index (χ0) is 12.3. The average Bonchev–Trinajstić information content (AvgIpc) is 2.73. The highest BCUT2D eigenvalue weighted by Crippen LogP contribution is 2.11. The summed E-state index contributed by atoms with van der Waals surface area (Å²) in [6, 6.07) is 8.24. The van der Waals surface area contributed by atoms with Crippen molar-refractivity contribution in [2.75, 3.05) is 19.0 Å². The first-order chi connectivity index (χ1) is 8.16. The smallest absolute Gasteiger partial charge is 0.126 e. The van der Waals surface area contributed by atoms with E-state index >= 15 is 0 Å². The summed E-state index contributed by atoms with van der Waals surface area (Å²) in [5.41, 5.74) is 2.25. The summed E-state index contributed by atoms with van der Waals surface area (Å²) in [6.45, 7) is 1.92. The normalized spacial score (nSPS) is 11.0. The standard InChI is InChI=1S/C13H16N4/c1-11-14-8-9-17(11)15-10-12-4-6-13(7-5-12)16(2)3/h4-10H,1-3H3. The van der Waals surface area contributed by atoms with Gasteiger partial charge in [0.25, 0.3) is 0 Å². The van der Waals surface area contributed by atoms with Crippen LogP contribution < -0.4 is 4.90 Å². The molecule has 0 fully saturated rings. The van der Waals surface area contributed by atoms with Crippen molar-refractivity contribution in [1.82, 2.24) is 9.66 Å². The summed E-state index contributed by atoms with van der Waals surface area (Å²) >= 11 is 0. The highest BCUT2D eigenvalue weighted by atomic mass is 15.4. The molecule has 0 radical (unpaired) electrons. The van der Waals surface area contributed by atoms with Gasteiger partial charge in [0, 0.05) is 32.2 Å². The topological polar surface area (TPSA) is 33.4 Å². The molecule has 0 bridgehead atoms. The van der Waals surface area contributed by atoms with Crippen LogP contribution in [0.4, 0.5) is 5.69 Å². The van der Waals surface area contributed by atoms with E-state index < -0.39 is 0 Å². The van der Waals surface area contributed by atoms with Crippen molar-refractivity contribution in [1.29, 1.82) is 0 Å². The van der Waals surface area contributed by atoms with Crippen LogP contribution in [-0.2, 0) is 0 Å². The average molecular weight is 228 g/mol. The molecule has 2 aromatic rings. The number of hydrogen-bond acceptors (Lipinski definition) is 3. The van der Waals surface area contributed by atoms with Gasteiger partial charge < -0.3 is 4.90 Å². The first-order valence-corrected chi connectivity index (χ1v) is 5.48. The molecule has 0 atom stereocenters. The molecule has 0 aliphatic heterocycles. The number of imidazole rings is 1. The van der Waals surface area contributed by atoms with Crippen molar-refractivity contribution in [2.24, 2.45) is 5.10 Å². The third-order valence-corrected chi connectivity index (χ3v) is 2.54. The van der Waals surface area contributed by atoms with E-state index in [9.17, 15) is 0 Å². The molecule has 0 N–H and O–H groups in total. The fourth-order valence-electron chi connectivity index (χ4n) is 1.48. The van der Waals surface area contributed by atoms with Crippen LogP contribution >= 0.6 is 0 Å². The molecule has 1 aromatic carbocycles. The van der Waals surface area contributed by atoms with E-state index in [1.165, 1.54) is 5.69 Å². The Morgan fingerprint density at radius 1 is 1.24 bits per heavy atom. The molecule has 0 amide bonds. The zero-order valence-corrected chi connectivity index (χ0v) is 10.3. The summed E-state index contributed by atoms with van der Waals surface area (Å²) in [6.07, 6.45) is 5.40. The van der Waals surface area contributed by atoms with E-state index in [4.69, 9.17) is 0 Å². The molecule has 2 rings (SSSR count). The largest absolute Gasteiger partial charge is 0.378 e. The number of aromatic nitrogens is 2. The minimum Gasteiger partial charge on any atom is -0.378 e. The lowest BCUT2D eigenvalue weighted by Gasteiger charge is -2.11. The summed E-state index contributed by atoms with van der Waals surface area (Å²) in [7, 11) is 4.05. The molecule has 4 heteroatoms. The van der Waals surface area contributed by atoms with Gasteiger partial charge in [-0.2, -0.15) is 5.10 Å². The molecule has 0 spiro atoms. The molecule has 4 nitrogen and oxygen atoms in total. The number of rotatable bonds is 3. The van der Waals surface area contributed by atoms with Gasteiger partial charge in [0.05, 0.1) is 6.21 Å². The molecule has 0 unspecified atom stereocenters. The Labute approximate surface area is 101 Å². The Morgan fingerprint density at radius 2 is 1.94 bits per heavy atom. The second-order valence-corrected chi connectivity index (χ2v) is 4.05. The van der Waals surface area contributed by atoms with E-state index in [-0.39, 0.29) is 0 Å². The summed E-state index contributed by atoms with van der Waals surface area (Å²) < 4.78 is 1.75. The van der Waals surface area contributed by atoms with E-state index in [1.54, 1.807) is 10.9 Å². The predicted molar refractivity (Wildman–Crippen MR) is 70.7 cm³/mol. The maximum absolute atomic E-state index is 4.33. The fraction of sp³-hybridized carbons (Fsp3) is 0.231. The molecular formula is C13H16N4. The van der Waals surface area contributed by atoms with Crippen LogP contribution in [0, 0.1) is 6.92 Å². The number of nitrogens with zero attached hydrogens (tertiary/aromatic N) is 4. The minimum atomic E-state index is 0.881. The van der Waals surface area contributed by atoms with Crippen molar-refractivity contribution < 1.29 is 0 Å². The van der Waals surface area contributed by atoms with Crippen molar-refractivity contribution in [3.05, 3.63) is 48.0 Å². The maximum Gasteiger partial charge on any atom is 0.126 e. The van der Waals surface area contributed by atoms with E-state index in [0.29, 0.717) is 0 Å². The predicted octanol–water partition coefficient (Wildman–Crippen LogP) is 2.14. The molecule has 17 heavy (non-hydrogen) atoms. The molecule has 0 saturated heterocycles. The first-order valence-electron chi connectivity index (χ1n) is 5.48. The van der Waals surface area contributed by atoms with Crippen LogP contribution in [-0.4, -0.2) is 30.0 Å². The monoisotopic (exact) mass is 228 g/mol. The molecule has 0 aliphatic carbocycles. The summed E-state index contributed by atoms with van der Waals surface area (Å²) in [5, 5.41) is 4.33. The van der Waals surface area contributed by atoms with Crippen LogP contribution in [0.25, 0.3) is 0 Å². The Hall–Kier alpha value is -2.10. The fourth-order valence-corrected chi connectivity index (χ4v) is 1.48. The van der Waals surface area contributed by atoms with Gasteiger partial charge >= 0.3 is 0 Å². The molecule has 0 aliphatic rings. The van der Waals surface area contributed by atoms with Crippen LogP contribution in [0.15, 0.2) is 41.8 Å². The Morgan fingerprint density at radius 3 is 2.47 bits per heavy atom. The third-order valence-electron chi connectivity index (χ3n) is 2.54. The van der Waals surface area contributed by atoms with E-state index in [0.717, 1.165) is 11.4 Å². The van der Waals surface area contributed by atoms with Crippen molar-refractivity contribution in [2.45, 2.75) is 6.92 Å². The minimum absolute atomic E-state index is 0.881. The second kappa shape index (κ2) is 4.82. The van der Waals surface area contributed by atoms with Gasteiger partial charge in [0.2, 0.25) is 0 Å². The van der Waals surface area contributed by atoms with Gasteiger partial charge in [0.1, 0.15) is 5.82 Å². The third kappa shape index (κ3) is 2.72. The molecule has 88 valence electrons. The first kappa shape index (κ1) is 11.4. The van der Waals surface area contributed by atoms with Gasteiger partial charge in [-0.05, 0) is 24.6 Å². The molecular weight excluding hydrogens is 212 g/mol. The number of benzene rings is 1. The number of hydrogen-bond donors (Lipinski definition) is 0. The van der Waals surface area contributed by atoms with Crippen molar-refractivity contribution in [3.8, 4) is 0 Å². The maximum atomic E-state index is 4.33. The highest BCUT2D eigenvalue weighted by molar-refractivity contribution is 5.80. The van der Waals surface area contributed by atoms with Gasteiger partial charge in [-0.1, -0.05) is 12.1 Å². The zero-order valence-electron chi connectivity index (χ0n) is 10.3. The quantitative estimate of drug-likeness (QED) is 0.754. The molecule has 0 saturated carbocycles. The summed E-state index contributed by atoms with van der Waals surface area (Å²) in [5.74, 6) is 0.881. The van der Waals surface area contributed by atoms with Gasteiger partial charge in [-0.15, -0.1) is 0 Å². The van der Waals surface area contributed by atoms with Crippen LogP contribution in [0.3, 0.4) is 0 Å². The van der Waals surface area contributed by atoms with Crippen LogP contribution in [0.2, 0.25) is 0 Å². The lowest BCUT2D eigenvalue weighted by atomic mass is 10.2. The van der Waals surface area contributed by atoms with Crippen LogP contribution in [0.1, 0.15) is 11.4 Å². The van der Waals surface area contributed by atoms with Gasteiger partial charge in [-0.25, -0.2) is 9.66 Å². The SMILES string of the molecule is Cc1nccn1N=Cc1ccc(N(C)C)cc1. The summed E-state index contributed by atoms with van der Waals surface area (Å²) in [4.78, 5) is 6.18. The van der Waals surface area contributed by atoms with E-state index in [1.807, 2.05) is 45.6 Å². The Bertz CT molecular complexity index is 508. The van der Waals surface area contributed by atoms with Crippen molar-refractivity contribution >= 4 is 11.9 Å². The van der Waals surface area contributed by atoms with E-state index in [2.05, 4.69) is 27.1 Å². The Balaban J connectivity index is 2.14. The lowest BCUT2D eigenvalue weighted by Crippen LogP contribution is -2.08. The number of anilines is 1. The van der Waals surface area contributed by atoms with Gasteiger partial charge in [-0.3, -0.25) is 0 Å². The van der Waals surface area contributed by atoms with Crippen LogP contribution in [0.5, 0.6) is 0 Å². The number of aryl methyl sites for hydroxylation is 1. The van der Waals surface area contributed by atoms with Gasteiger partial charge in [0.15, 0.2) is 0 Å². The molecule has 1 heterocycles. The van der Waals surface area contributed by atoms with Crippen molar-refractivity contribution in [3.63, 3.8) is 0 Å². The highest BCUT2D eigenvalue weighted by Gasteiger charge is 1.95. The lowest BCUT2D eigenvalue weighted by molar-refractivity contribution is 0.832. The molecule has 1 aromatic heterocycles. The second-order valence-electron chi connectivity index (χ2n) is 4.05.